The van der Waals surface area contributed by atoms with E-state index in [2.05, 4.69) is 25.3 Å². The van der Waals surface area contributed by atoms with Crippen molar-refractivity contribution in [1.29, 1.82) is 0 Å². The Kier molecular flexibility index (Phi) is 4.31. The SMILES string of the molecule is CS(=O)(=O)c1ccc(CNc2nc3cnc(Cl)nc3n(C3CC3)c2=O)nc1. The highest BCUT2D eigenvalue weighted by molar-refractivity contribution is 7.90. The summed E-state index contributed by atoms with van der Waals surface area (Å²) in [4.78, 5) is 29.5. The highest BCUT2D eigenvalue weighted by atomic mass is 35.5. The van der Waals surface area contributed by atoms with Crippen LogP contribution in [0.25, 0.3) is 11.2 Å². The minimum absolute atomic E-state index is 0.0639. The molecule has 0 amide bonds. The van der Waals surface area contributed by atoms with E-state index in [0.29, 0.717) is 16.9 Å². The topological polar surface area (TPSA) is 120 Å². The number of anilines is 1. The van der Waals surface area contributed by atoms with Gasteiger partial charge in [0.1, 0.15) is 5.52 Å². The molecule has 3 aromatic heterocycles. The van der Waals surface area contributed by atoms with Crippen molar-refractivity contribution in [2.45, 2.75) is 30.3 Å². The van der Waals surface area contributed by atoms with Gasteiger partial charge in [0, 0.05) is 18.5 Å². The highest BCUT2D eigenvalue weighted by Crippen LogP contribution is 2.35. The van der Waals surface area contributed by atoms with Crippen LogP contribution in [0, 0.1) is 0 Å². The maximum atomic E-state index is 12.8. The van der Waals surface area contributed by atoms with Gasteiger partial charge in [-0.15, -0.1) is 0 Å². The number of aromatic nitrogens is 5. The maximum absolute atomic E-state index is 12.8. The Morgan fingerprint density at radius 1 is 1.22 bits per heavy atom. The Bertz CT molecular complexity index is 1190. The van der Waals surface area contributed by atoms with E-state index < -0.39 is 9.84 Å². The number of nitrogens with zero attached hydrogens (tertiary/aromatic N) is 5. The van der Waals surface area contributed by atoms with E-state index in [-0.39, 0.29) is 34.1 Å². The second-order valence-corrected chi connectivity index (χ2v) is 8.68. The molecular formula is C16H15ClN6O3S. The molecule has 140 valence electrons. The van der Waals surface area contributed by atoms with E-state index in [9.17, 15) is 13.2 Å². The summed E-state index contributed by atoms with van der Waals surface area (Å²) in [6, 6.07) is 3.15. The molecule has 1 aliphatic rings. The highest BCUT2D eigenvalue weighted by Gasteiger charge is 2.28. The number of hydrogen-bond donors (Lipinski definition) is 1. The Labute approximate surface area is 159 Å². The van der Waals surface area contributed by atoms with Crippen LogP contribution in [-0.4, -0.2) is 39.2 Å². The molecule has 0 atom stereocenters. The monoisotopic (exact) mass is 406 g/mol. The number of nitrogens with one attached hydrogen (secondary N) is 1. The molecule has 27 heavy (non-hydrogen) atoms. The van der Waals surface area contributed by atoms with Crippen LogP contribution in [-0.2, 0) is 16.4 Å². The Morgan fingerprint density at radius 2 is 2.00 bits per heavy atom. The fourth-order valence-corrected chi connectivity index (χ4v) is 3.36. The smallest absolute Gasteiger partial charge is 0.295 e. The van der Waals surface area contributed by atoms with Crippen molar-refractivity contribution in [3.8, 4) is 0 Å². The lowest BCUT2D eigenvalue weighted by Gasteiger charge is -2.11. The predicted octanol–water partition coefficient (Wildman–Crippen LogP) is 1.59. The number of rotatable bonds is 5. The van der Waals surface area contributed by atoms with Gasteiger partial charge in [0.25, 0.3) is 5.56 Å². The van der Waals surface area contributed by atoms with E-state index in [0.717, 1.165) is 19.1 Å². The fraction of sp³-hybridized carbons (Fsp3) is 0.312. The first kappa shape index (κ1) is 17.8. The van der Waals surface area contributed by atoms with Crippen LogP contribution in [0.15, 0.2) is 34.2 Å². The van der Waals surface area contributed by atoms with Crippen LogP contribution in [0.1, 0.15) is 24.6 Å². The Hall–Kier alpha value is -2.59. The molecule has 1 N–H and O–H groups in total. The summed E-state index contributed by atoms with van der Waals surface area (Å²) < 4.78 is 24.6. The van der Waals surface area contributed by atoms with Gasteiger partial charge in [-0.25, -0.2) is 18.4 Å². The summed E-state index contributed by atoms with van der Waals surface area (Å²) >= 11 is 5.86. The van der Waals surface area contributed by atoms with Crippen molar-refractivity contribution in [3.05, 3.63) is 45.9 Å². The Balaban J connectivity index is 1.65. The standard InChI is InChI=1S/C16H15ClN6O3S/c1-27(25,26)11-5-2-9(18-7-11)6-19-13-15(24)23(10-3-4-10)14-12(21-13)8-20-16(17)22-14/h2,5,7-8,10H,3-4,6H2,1H3,(H,19,21). The minimum atomic E-state index is -3.30. The van der Waals surface area contributed by atoms with Gasteiger partial charge < -0.3 is 5.32 Å². The third-order valence-corrected chi connectivity index (χ3v) is 5.46. The van der Waals surface area contributed by atoms with Crippen LogP contribution >= 0.6 is 11.6 Å². The Morgan fingerprint density at radius 3 is 2.63 bits per heavy atom. The molecular weight excluding hydrogens is 392 g/mol. The van der Waals surface area contributed by atoms with Gasteiger partial charge in [-0.1, -0.05) is 0 Å². The fourth-order valence-electron chi connectivity index (χ4n) is 2.68. The summed E-state index contributed by atoms with van der Waals surface area (Å²) in [5.74, 6) is 0.161. The number of pyridine rings is 1. The minimum Gasteiger partial charge on any atom is -0.360 e. The third kappa shape index (κ3) is 3.62. The van der Waals surface area contributed by atoms with Crippen molar-refractivity contribution in [3.63, 3.8) is 0 Å². The molecule has 11 heteroatoms. The van der Waals surface area contributed by atoms with Gasteiger partial charge in [-0.05, 0) is 36.6 Å². The summed E-state index contributed by atoms with van der Waals surface area (Å²) in [7, 11) is -3.30. The molecule has 1 fully saturated rings. The van der Waals surface area contributed by atoms with Gasteiger partial charge in [-0.3, -0.25) is 14.3 Å². The van der Waals surface area contributed by atoms with Crippen molar-refractivity contribution < 1.29 is 8.42 Å². The molecule has 0 aliphatic heterocycles. The summed E-state index contributed by atoms with van der Waals surface area (Å²) in [5.41, 5.74) is 1.18. The van der Waals surface area contributed by atoms with Gasteiger partial charge in [0.05, 0.1) is 23.3 Å². The largest absolute Gasteiger partial charge is 0.360 e. The lowest BCUT2D eigenvalue weighted by molar-refractivity contribution is 0.601. The maximum Gasteiger partial charge on any atom is 0.295 e. The molecule has 0 bridgehead atoms. The molecule has 0 unspecified atom stereocenters. The molecule has 1 saturated carbocycles. The first-order chi connectivity index (χ1) is 12.8. The molecule has 3 aromatic rings. The molecule has 9 nitrogen and oxygen atoms in total. The first-order valence-corrected chi connectivity index (χ1v) is 10.4. The van der Waals surface area contributed by atoms with E-state index in [1.54, 1.807) is 10.6 Å². The quantitative estimate of drug-likeness (QED) is 0.634. The molecule has 0 spiro atoms. The molecule has 0 saturated heterocycles. The lowest BCUT2D eigenvalue weighted by atomic mass is 10.3. The van der Waals surface area contributed by atoms with Crippen LogP contribution < -0.4 is 10.9 Å². The second kappa shape index (κ2) is 6.54. The van der Waals surface area contributed by atoms with E-state index in [1.165, 1.54) is 18.5 Å². The van der Waals surface area contributed by atoms with E-state index in [4.69, 9.17) is 11.6 Å². The average Bonchev–Trinajstić information content (AvgIpc) is 3.44. The summed E-state index contributed by atoms with van der Waals surface area (Å²) in [6.45, 7) is 0.219. The van der Waals surface area contributed by atoms with Crippen molar-refractivity contribution in [2.75, 3.05) is 11.6 Å². The number of hydrogen-bond acceptors (Lipinski definition) is 8. The molecule has 4 rings (SSSR count). The zero-order valence-corrected chi connectivity index (χ0v) is 15.8. The lowest BCUT2D eigenvalue weighted by Crippen LogP contribution is -2.25. The third-order valence-electron chi connectivity index (χ3n) is 4.18. The van der Waals surface area contributed by atoms with Crippen LogP contribution in [0.4, 0.5) is 5.82 Å². The van der Waals surface area contributed by atoms with Crippen molar-refractivity contribution in [2.24, 2.45) is 0 Å². The molecule has 1 aliphatic carbocycles. The van der Waals surface area contributed by atoms with Crippen molar-refractivity contribution >= 4 is 38.4 Å². The van der Waals surface area contributed by atoms with Crippen LogP contribution in [0.5, 0.6) is 0 Å². The van der Waals surface area contributed by atoms with Crippen LogP contribution in [0.3, 0.4) is 0 Å². The number of fused-ring (bicyclic) bond motifs is 1. The summed E-state index contributed by atoms with van der Waals surface area (Å²) in [5, 5.41) is 3.04. The van der Waals surface area contributed by atoms with Crippen LogP contribution in [0.2, 0.25) is 5.28 Å². The second-order valence-electron chi connectivity index (χ2n) is 6.33. The number of sulfone groups is 1. The predicted molar refractivity (Wildman–Crippen MR) is 99.5 cm³/mol. The van der Waals surface area contributed by atoms with Gasteiger partial charge in [0.2, 0.25) is 5.28 Å². The van der Waals surface area contributed by atoms with E-state index in [1.807, 2.05) is 0 Å². The van der Waals surface area contributed by atoms with Gasteiger partial charge >= 0.3 is 0 Å². The molecule has 0 aromatic carbocycles. The normalized spacial score (nSPS) is 14.4. The molecule has 3 heterocycles. The van der Waals surface area contributed by atoms with Gasteiger partial charge in [0.15, 0.2) is 21.3 Å². The first-order valence-electron chi connectivity index (χ1n) is 8.16. The average molecular weight is 407 g/mol. The van der Waals surface area contributed by atoms with E-state index >= 15 is 0 Å². The van der Waals surface area contributed by atoms with Gasteiger partial charge in [-0.2, -0.15) is 4.98 Å². The summed E-state index contributed by atoms with van der Waals surface area (Å²) in [6.07, 6.45) is 5.69. The van der Waals surface area contributed by atoms with Crippen molar-refractivity contribution in [1.82, 2.24) is 24.5 Å². The number of halogens is 1. The zero-order valence-electron chi connectivity index (χ0n) is 14.3. The zero-order chi connectivity index (χ0) is 19.2. The molecule has 0 radical (unpaired) electrons.